The molecule has 0 unspecified atom stereocenters. The molecule has 3 aromatic rings. The topological polar surface area (TPSA) is 32.9 Å². The molecule has 104 valence electrons. The van der Waals surface area contributed by atoms with Gasteiger partial charge in [-0.15, -0.1) is 0 Å². The van der Waals surface area contributed by atoms with Crippen molar-refractivity contribution in [3.8, 4) is 0 Å². The van der Waals surface area contributed by atoms with Crippen LogP contribution in [-0.4, -0.2) is 10.8 Å². The highest BCUT2D eigenvalue weighted by molar-refractivity contribution is 6.14. The van der Waals surface area contributed by atoms with Gasteiger partial charge in [-0.3, -0.25) is 4.79 Å². The first kappa shape index (κ1) is 12.4. The van der Waals surface area contributed by atoms with Gasteiger partial charge in [0.15, 0.2) is 5.78 Å². The van der Waals surface area contributed by atoms with Gasteiger partial charge in [-0.25, -0.2) is 0 Å². The predicted octanol–water partition coefficient (Wildman–Crippen LogP) is 4.39. The Balaban J connectivity index is 1.85. The van der Waals surface area contributed by atoms with Crippen molar-refractivity contribution in [1.29, 1.82) is 0 Å². The van der Waals surface area contributed by atoms with E-state index in [0.29, 0.717) is 0 Å². The number of carbonyl (C=O) groups is 1. The van der Waals surface area contributed by atoms with Crippen LogP contribution in [0.1, 0.15) is 34.3 Å². The van der Waals surface area contributed by atoms with Crippen LogP contribution in [0.2, 0.25) is 0 Å². The zero-order valence-corrected chi connectivity index (χ0v) is 12.0. The molecular weight excluding hydrogens is 258 g/mol. The summed E-state index contributed by atoms with van der Waals surface area (Å²) >= 11 is 0. The summed E-state index contributed by atoms with van der Waals surface area (Å²) in [5.74, 6) is 0.259. The second kappa shape index (κ2) is 4.32. The number of benzene rings is 2. The highest BCUT2D eigenvalue weighted by Gasteiger charge is 2.51. The maximum absolute atomic E-state index is 13.1. The molecule has 1 saturated carbocycles. The predicted molar refractivity (Wildman–Crippen MR) is 84.7 cm³/mol. The van der Waals surface area contributed by atoms with E-state index in [0.717, 1.165) is 40.4 Å². The first-order chi connectivity index (χ1) is 10.2. The Kier molecular flexibility index (Phi) is 2.55. The van der Waals surface area contributed by atoms with Gasteiger partial charge in [0.1, 0.15) is 0 Å². The third-order valence-electron chi connectivity index (χ3n) is 4.67. The molecule has 2 nitrogen and oxygen atoms in total. The van der Waals surface area contributed by atoms with Gasteiger partial charge in [-0.05, 0) is 37.0 Å². The number of aromatic amines is 1. The van der Waals surface area contributed by atoms with Gasteiger partial charge in [0, 0.05) is 22.7 Å². The summed E-state index contributed by atoms with van der Waals surface area (Å²) in [7, 11) is 0. The third kappa shape index (κ3) is 1.75. The average molecular weight is 275 g/mol. The maximum Gasteiger partial charge on any atom is 0.175 e. The van der Waals surface area contributed by atoms with E-state index in [1.54, 1.807) is 0 Å². The minimum Gasteiger partial charge on any atom is -0.360 e. The monoisotopic (exact) mass is 275 g/mol. The molecule has 1 heterocycles. The molecule has 1 N–H and O–H groups in total. The smallest absolute Gasteiger partial charge is 0.175 e. The molecule has 0 spiro atoms. The number of H-pyrrole nitrogens is 1. The van der Waals surface area contributed by atoms with Gasteiger partial charge in [-0.1, -0.05) is 42.5 Å². The second-order valence-electron chi connectivity index (χ2n) is 5.98. The Morgan fingerprint density at radius 2 is 1.81 bits per heavy atom. The number of Topliss-reactive ketones (excluding diaryl/α,β-unsaturated/α-hetero) is 1. The normalized spacial score (nSPS) is 16.0. The lowest BCUT2D eigenvalue weighted by atomic mass is 9.87. The molecule has 1 aliphatic rings. The van der Waals surface area contributed by atoms with Crippen LogP contribution in [0, 0.1) is 6.92 Å². The Bertz CT molecular complexity index is 825. The number of fused-ring (bicyclic) bond motifs is 1. The second-order valence-corrected chi connectivity index (χ2v) is 5.98. The van der Waals surface area contributed by atoms with Gasteiger partial charge in [-0.2, -0.15) is 0 Å². The number of aromatic nitrogens is 1. The molecule has 0 saturated heterocycles. The van der Waals surface area contributed by atoms with E-state index in [2.05, 4.69) is 30.1 Å². The van der Waals surface area contributed by atoms with Crippen molar-refractivity contribution in [2.24, 2.45) is 0 Å². The lowest BCUT2D eigenvalue weighted by molar-refractivity contribution is 0.0947. The summed E-state index contributed by atoms with van der Waals surface area (Å²) < 4.78 is 0. The fraction of sp³-hybridized carbons (Fsp3) is 0.211. The number of nitrogens with one attached hydrogen (secondary N) is 1. The van der Waals surface area contributed by atoms with E-state index < -0.39 is 0 Å². The van der Waals surface area contributed by atoms with E-state index in [-0.39, 0.29) is 11.2 Å². The Hall–Kier alpha value is -2.35. The van der Waals surface area contributed by atoms with Crippen molar-refractivity contribution < 1.29 is 4.79 Å². The van der Waals surface area contributed by atoms with Crippen LogP contribution >= 0.6 is 0 Å². The molecular formula is C19H17NO. The number of aryl methyl sites for hydroxylation is 1. The first-order valence-electron chi connectivity index (χ1n) is 7.39. The molecule has 1 aromatic heterocycles. The Morgan fingerprint density at radius 3 is 2.52 bits per heavy atom. The van der Waals surface area contributed by atoms with E-state index in [1.165, 1.54) is 0 Å². The number of hydrogen-bond acceptors (Lipinski definition) is 1. The van der Waals surface area contributed by atoms with Gasteiger partial charge < -0.3 is 4.98 Å². The summed E-state index contributed by atoms with van der Waals surface area (Å²) in [6.45, 7) is 2.06. The van der Waals surface area contributed by atoms with Crippen LogP contribution < -0.4 is 0 Å². The van der Waals surface area contributed by atoms with E-state index in [1.807, 2.05) is 36.5 Å². The summed E-state index contributed by atoms with van der Waals surface area (Å²) in [6, 6.07) is 16.3. The zero-order valence-electron chi connectivity index (χ0n) is 12.0. The highest BCUT2D eigenvalue weighted by Crippen LogP contribution is 2.51. The average Bonchev–Trinajstić information content (AvgIpc) is 3.21. The van der Waals surface area contributed by atoms with E-state index in [9.17, 15) is 4.79 Å². The molecule has 0 atom stereocenters. The molecule has 1 aliphatic carbocycles. The van der Waals surface area contributed by atoms with Crippen molar-refractivity contribution in [3.05, 3.63) is 71.4 Å². The molecule has 21 heavy (non-hydrogen) atoms. The molecule has 2 heteroatoms. The van der Waals surface area contributed by atoms with Crippen molar-refractivity contribution in [3.63, 3.8) is 0 Å². The van der Waals surface area contributed by atoms with Crippen LogP contribution in [-0.2, 0) is 5.41 Å². The Morgan fingerprint density at radius 1 is 1.05 bits per heavy atom. The van der Waals surface area contributed by atoms with Crippen LogP contribution in [0.25, 0.3) is 10.9 Å². The number of carbonyl (C=O) groups excluding carboxylic acids is 1. The van der Waals surface area contributed by atoms with Crippen molar-refractivity contribution >= 4 is 16.7 Å². The molecule has 1 fully saturated rings. The third-order valence-corrected chi connectivity index (χ3v) is 4.67. The van der Waals surface area contributed by atoms with Gasteiger partial charge in [0.2, 0.25) is 0 Å². The standard InChI is InChI=1S/C19H17NO/c1-13-6-5-9-16-17(13)15(12-20-16)18(21)19(10-11-19)14-7-3-2-4-8-14/h2-9,12,20H,10-11H2,1H3. The minimum absolute atomic E-state index is 0.259. The summed E-state index contributed by atoms with van der Waals surface area (Å²) in [6.07, 6.45) is 3.78. The van der Waals surface area contributed by atoms with Gasteiger partial charge >= 0.3 is 0 Å². The molecule has 0 aliphatic heterocycles. The summed E-state index contributed by atoms with van der Waals surface area (Å²) in [4.78, 5) is 16.4. The van der Waals surface area contributed by atoms with Crippen LogP contribution in [0.4, 0.5) is 0 Å². The number of ketones is 1. The fourth-order valence-electron chi connectivity index (χ4n) is 3.33. The quantitative estimate of drug-likeness (QED) is 0.706. The molecule has 4 rings (SSSR count). The molecule has 0 radical (unpaired) electrons. The van der Waals surface area contributed by atoms with Crippen molar-refractivity contribution in [2.75, 3.05) is 0 Å². The SMILES string of the molecule is Cc1cccc2[nH]cc(C(=O)C3(c4ccccc4)CC3)c12. The van der Waals surface area contributed by atoms with Crippen LogP contribution in [0.3, 0.4) is 0 Å². The number of rotatable bonds is 3. The van der Waals surface area contributed by atoms with Crippen molar-refractivity contribution in [1.82, 2.24) is 4.98 Å². The fourth-order valence-corrected chi connectivity index (χ4v) is 3.33. The first-order valence-corrected chi connectivity index (χ1v) is 7.39. The van der Waals surface area contributed by atoms with Crippen molar-refractivity contribution in [2.45, 2.75) is 25.2 Å². The lowest BCUT2D eigenvalue weighted by Crippen LogP contribution is -2.20. The highest BCUT2D eigenvalue weighted by atomic mass is 16.1. The van der Waals surface area contributed by atoms with Gasteiger partial charge in [0.25, 0.3) is 0 Å². The maximum atomic E-state index is 13.1. The van der Waals surface area contributed by atoms with E-state index >= 15 is 0 Å². The zero-order chi connectivity index (χ0) is 14.4. The van der Waals surface area contributed by atoms with Crippen LogP contribution in [0.15, 0.2) is 54.7 Å². The molecule has 2 aromatic carbocycles. The molecule has 0 bridgehead atoms. The van der Waals surface area contributed by atoms with Crippen LogP contribution in [0.5, 0.6) is 0 Å². The number of hydrogen-bond donors (Lipinski definition) is 1. The summed E-state index contributed by atoms with van der Waals surface area (Å²) in [5, 5.41) is 1.07. The minimum atomic E-state index is -0.293. The Labute approximate surface area is 123 Å². The largest absolute Gasteiger partial charge is 0.360 e. The molecule has 0 amide bonds. The van der Waals surface area contributed by atoms with E-state index in [4.69, 9.17) is 0 Å². The summed E-state index contributed by atoms with van der Waals surface area (Å²) in [5.41, 5.74) is 3.89. The lowest BCUT2D eigenvalue weighted by Gasteiger charge is -2.14. The van der Waals surface area contributed by atoms with Gasteiger partial charge in [0.05, 0.1) is 5.41 Å².